The number of carbonyl (C=O) groups is 1. The Bertz CT molecular complexity index is 737. The summed E-state index contributed by atoms with van der Waals surface area (Å²) in [5.41, 5.74) is 1.46. The maximum absolute atomic E-state index is 12.4. The van der Waals surface area contributed by atoms with E-state index in [9.17, 15) is 9.59 Å². The fourth-order valence-corrected chi connectivity index (χ4v) is 2.88. The Kier molecular flexibility index (Phi) is 4.50. The molecule has 0 radical (unpaired) electrons. The van der Waals surface area contributed by atoms with Crippen molar-refractivity contribution in [3.63, 3.8) is 0 Å². The highest BCUT2D eigenvalue weighted by Crippen LogP contribution is 2.12. The van der Waals surface area contributed by atoms with E-state index in [1.54, 1.807) is 17.9 Å². The van der Waals surface area contributed by atoms with Crippen LogP contribution >= 0.6 is 0 Å². The molecule has 1 aliphatic rings. The van der Waals surface area contributed by atoms with E-state index >= 15 is 0 Å². The summed E-state index contributed by atoms with van der Waals surface area (Å²) < 4.78 is 1.72. The van der Waals surface area contributed by atoms with Crippen molar-refractivity contribution in [2.75, 3.05) is 13.1 Å². The molecule has 1 N–H and O–H groups in total. The van der Waals surface area contributed by atoms with E-state index in [0.717, 1.165) is 12.1 Å². The SMILES string of the molecule is Cc1nc2c(c(=O)[nH]1)CCN(C(=O)CCCn1cncn1)CC2. The smallest absolute Gasteiger partial charge is 0.254 e. The number of carbonyl (C=O) groups excluding carboxylic acids is 1. The summed E-state index contributed by atoms with van der Waals surface area (Å²) >= 11 is 0. The van der Waals surface area contributed by atoms with E-state index < -0.39 is 0 Å². The largest absolute Gasteiger partial charge is 0.342 e. The van der Waals surface area contributed by atoms with Crippen LogP contribution in [0.25, 0.3) is 0 Å². The zero-order valence-electron chi connectivity index (χ0n) is 13.2. The van der Waals surface area contributed by atoms with Gasteiger partial charge in [0.05, 0.1) is 5.69 Å². The molecule has 23 heavy (non-hydrogen) atoms. The summed E-state index contributed by atoms with van der Waals surface area (Å²) in [5, 5.41) is 4.02. The molecular weight excluding hydrogens is 296 g/mol. The van der Waals surface area contributed by atoms with Crippen molar-refractivity contribution in [2.24, 2.45) is 0 Å². The first-order valence-electron chi connectivity index (χ1n) is 7.82. The number of aromatic nitrogens is 5. The predicted octanol–water partition coefficient (Wildman–Crippen LogP) is 0.0774. The van der Waals surface area contributed by atoms with Crippen molar-refractivity contribution in [1.29, 1.82) is 0 Å². The molecular formula is C15H20N6O2. The number of amides is 1. The number of nitrogens with zero attached hydrogens (tertiary/aromatic N) is 5. The van der Waals surface area contributed by atoms with E-state index in [2.05, 4.69) is 20.1 Å². The van der Waals surface area contributed by atoms with Gasteiger partial charge in [0.1, 0.15) is 18.5 Å². The first-order chi connectivity index (χ1) is 11.1. The van der Waals surface area contributed by atoms with Crippen molar-refractivity contribution < 1.29 is 4.79 Å². The quantitative estimate of drug-likeness (QED) is 0.861. The van der Waals surface area contributed by atoms with Gasteiger partial charge in [0, 0.05) is 38.0 Å². The molecule has 8 nitrogen and oxygen atoms in total. The standard InChI is InChI=1S/C15H20N6O2/c1-11-18-13-5-8-20(7-4-12(13)15(23)19-11)14(22)3-2-6-21-10-16-9-17-21/h9-10H,2-8H2,1H3,(H,18,19,23). The zero-order chi connectivity index (χ0) is 16.2. The Hall–Kier alpha value is -2.51. The molecule has 3 rings (SSSR count). The number of nitrogens with one attached hydrogen (secondary N) is 1. The summed E-state index contributed by atoms with van der Waals surface area (Å²) in [7, 11) is 0. The van der Waals surface area contributed by atoms with Gasteiger partial charge in [-0.25, -0.2) is 9.97 Å². The fraction of sp³-hybridized carbons (Fsp3) is 0.533. The predicted molar refractivity (Wildman–Crippen MR) is 82.8 cm³/mol. The third-order valence-electron chi connectivity index (χ3n) is 4.07. The first-order valence-corrected chi connectivity index (χ1v) is 7.82. The lowest BCUT2D eigenvalue weighted by Gasteiger charge is -2.20. The van der Waals surface area contributed by atoms with Crippen LogP contribution in [-0.2, 0) is 24.2 Å². The van der Waals surface area contributed by atoms with Crippen LogP contribution in [0.1, 0.15) is 29.9 Å². The highest BCUT2D eigenvalue weighted by atomic mass is 16.2. The maximum Gasteiger partial charge on any atom is 0.254 e. The second-order valence-electron chi connectivity index (χ2n) is 5.72. The Morgan fingerprint density at radius 1 is 1.35 bits per heavy atom. The van der Waals surface area contributed by atoms with Gasteiger partial charge in [-0.15, -0.1) is 0 Å². The molecule has 0 unspecified atom stereocenters. The maximum atomic E-state index is 12.4. The van der Waals surface area contributed by atoms with E-state index in [0.29, 0.717) is 50.3 Å². The molecule has 0 saturated carbocycles. The average Bonchev–Trinajstić information content (AvgIpc) is 2.92. The number of H-pyrrole nitrogens is 1. The highest BCUT2D eigenvalue weighted by molar-refractivity contribution is 5.76. The molecule has 3 heterocycles. The number of aryl methyl sites for hydroxylation is 2. The van der Waals surface area contributed by atoms with Gasteiger partial charge in [0.2, 0.25) is 5.91 Å². The van der Waals surface area contributed by atoms with Gasteiger partial charge < -0.3 is 9.88 Å². The molecule has 0 atom stereocenters. The average molecular weight is 316 g/mol. The van der Waals surface area contributed by atoms with Crippen LogP contribution in [0.15, 0.2) is 17.4 Å². The highest BCUT2D eigenvalue weighted by Gasteiger charge is 2.21. The van der Waals surface area contributed by atoms with Crippen molar-refractivity contribution in [1.82, 2.24) is 29.6 Å². The third-order valence-corrected chi connectivity index (χ3v) is 4.07. The fourth-order valence-electron chi connectivity index (χ4n) is 2.88. The Labute approximate surface area is 133 Å². The lowest BCUT2D eigenvalue weighted by Crippen LogP contribution is -2.33. The summed E-state index contributed by atoms with van der Waals surface area (Å²) in [4.78, 5) is 37.2. The molecule has 122 valence electrons. The molecule has 0 bridgehead atoms. The van der Waals surface area contributed by atoms with E-state index in [-0.39, 0.29) is 11.5 Å². The number of hydrogen-bond acceptors (Lipinski definition) is 5. The van der Waals surface area contributed by atoms with Gasteiger partial charge in [-0.05, 0) is 19.8 Å². The summed E-state index contributed by atoms with van der Waals surface area (Å²) in [6.07, 6.45) is 5.53. The van der Waals surface area contributed by atoms with Gasteiger partial charge in [-0.1, -0.05) is 0 Å². The normalized spacial score (nSPS) is 14.4. The Morgan fingerprint density at radius 2 is 2.17 bits per heavy atom. The van der Waals surface area contributed by atoms with Gasteiger partial charge >= 0.3 is 0 Å². The van der Waals surface area contributed by atoms with Crippen LogP contribution in [0.5, 0.6) is 0 Å². The van der Waals surface area contributed by atoms with E-state index in [1.807, 2.05) is 4.90 Å². The number of aromatic amines is 1. The molecule has 1 amide bonds. The minimum Gasteiger partial charge on any atom is -0.342 e. The Morgan fingerprint density at radius 3 is 2.96 bits per heavy atom. The zero-order valence-corrected chi connectivity index (χ0v) is 13.2. The van der Waals surface area contributed by atoms with Crippen LogP contribution in [0.4, 0.5) is 0 Å². The van der Waals surface area contributed by atoms with E-state index in [4.69, 9.17) is 0 Å². The first kappa shape index (κ1) is 15.4. The molecule has 0 aliphatic carbocycles. The van der Waals surface area contributed by atoms with Gasteiger partial charge in [0.15, 0.2) is 0 Å². The monoisotopic (exact) mass is 316 g/mol. The van der Waals surface area contributed by atoms with Crippen molar-refractivity contribution in [2.45, 2.75) is 39.2 Å². The van der Waals surface area contributed by atoms with Crippen molar-refractivity contribution in [3.8, 4) is 0 Å². The van der Waals surface area contributed by atoms with Crippen molar-refractivity contribution in [3.05, 3.63) is 40.1 Å². The summed E-state index contributed by atoms with van der Waals surface area (Å²) in [6, 6.07) is 0. The van der Waals surface area contributed by atoms with Gasteiger partial charge in [-0.2, -0.15) is 5.10 Å². The van der Waals surface area contributed by atoms with Crippen LogP contribution in [0.3, 0.4) is 0 Å². The summed E-state index contributed by atoms with van der Waals surface area (Å²) in [6.45, 7) is 3.65. The molecule has 0 aromatic carbocycles. The minimum absolute atomic E-state index is 0.0759. The van der Waals surface area contributed by atoms with Crippen molar-refractivity contribution >= 4 is 5.91 Å². The molecule has 8 heteroatoms. The topological polar surface area (TPSA) is 96.8 Å². The molecule has 0 saturated heterocycles. The lowest BCUT2D eigenvalue weighted by atomic mass is 10.1. The Balaban J connectivity index is 1.57. The summed E-state index contributed by atoms with van der Waals surface area (Å²) in [5.74, 6) is 0.743. The third kappa shape index (κ3) is 3.64. The van der Waals surface area contributed by atoms with Gasteiger partial charge in [-0.3, -0.25) is 14.3 Å². The van der Waals surface area contributed by atoms with Crippen LogP contribution < -0.4 is 5.56 Å². The number of hydrogen-bond donors (Lipinski definition) is 1. The second kappa shape index (κ2) is 6.72. The minimum atomic E-state index is -0.0759. The molecule has 2 aromatic rings. The number of fused-ring (bicyclic) bond motifs is 1. The van der Waals surface area contributed by atoms with Crippen LogP contribution in [0.2, 0.25) is 0 Å². The van der Waals surface area contributed by atoms with Crippen LogP contribution in [0, 0.1) is 6.92 Å². The molecule has 1 aliphatic heterocycles. The van der Waals surface area contributed by atoms with Gasteiger partial charge in [0.25, 0.3) is 5.56 Å². The molecule has 0 fully saturated rings. The number of rotatable bonds is 4. The van der Waals surface area contributed by atoms with E-state index in [1.165, 1.54) is 6.33 Å². The molecule has 0 spiro atoms. The second-order valence-corrected chi connectivity index (χ2v) is 5.72. The lowest BCUT2D eigenvalue weighted by molar-refractivity contribution is -0.131. The molecule has 2 aromatic heterocycles. The van der Waals surface area contributed by atoms with Crippen LogP contribution in [-0.4, -0.2) is 48.6 Å².